The van der Waals surface area contributed by atoms with E-state index in [1.54, 1.807) is 18.2 Å². The second kappa shape index (κ2) is 3.22. The fourth-order valence-electron chi connectivity index (χ4n) is 1.82. The molecule has 1 N–H and O–H groups in total. The Hall–Kier alpha value is -1.55. The molecule has 3 rings (SSSR count). The number of benzene rings is 1. The number of halogens is 1. The van der Waals surface area contributed by atoms with Crippen molar-refractivity contribution < 1.29 is 14.3 Å². The van der Waals surface area contributed by atoms with Crippen LogP contribution < -0.4 is 0 Å². The molecule has 5 heteroatoms. The van der Waals surface area contributed by atoms with Gasteiger partial charge in [0, 0.05) is 10.9 Å². The maximum absolute atomic E-state index is 10.7. The van der Waals surface area contributed by atoms with Gasteiger partial charge in [0.25, 0.3) is 0 Å². The Labute approximate surface area is 95.8 Å². The fraction of sp³-hybridized carbons (Fsp3) is 0.273. The van der Waals surface area contributed by atoms with Crippen LogP contribution in [-0.4, -0.2) is 16.1 Å². The molecule has 2 aromatic rings. The van der Waals surface area contributed by atoms with Crippen LogP contribution in [0.25, 0.3) is 11.1 Å². The summed E-state index contributed by atoms with van der Waals surface area (Å²) in [5, 5.41) is 9.41. The van der Waals surface area contributed by atoms with Crippen molar-refractivity contribution in [2.24, 2.45) is 5.92 Å². The number of carbonyl (C=O) groups is 1. The van der Waals surface area contributed by atoms with Gasteiger partial charge in [0.15, 0.2) is 11.5 Å². The number of aliphatic carboxylic acids is 1. The van der Waals surface area contributed by atoms with E-state index >= 15 is 0 Å². The molecule has 1 saturated carbocycles. The van der Waals surface area contributed by atoms with E-state index in [1.165, 1.54) is 0 Å². The Kier molecular flexibility index (Phi) is 1.94. The van der Waals surface area contributed by atoms with Gasteiger partial charge in [0.1, 0.15) is 5.52 Å². The smallest absolute Gasteiger partial charge is 0.307 e. The maximum atomic E-state index is 10.7. The minimum Gasteiger partial charge on any atom is -0.481 e. The van der Waals surface area contributed by atoms with Crippen LogP contribution in [0.2, 0.25) is 5.02 Å². The third-order valence-corrected chi connectivity index (χ3v) is 3.03. The number of hydrogen-bond acceptors (Lipinski definition) is 3. The summed E-state index contributed by atoms with van der Waals surface area (Å²) in [4.78, 5) is 15.0. The molecule has 16 heavy (non-hydrogen) atoms. The van der Waals surface area contributed by atoms with Crippen LogP contribution in [0.3, 0.4) is 0 Å². The Bertz CT molecular complexity index is 578. The highest BCUT2D eigenvalue weighted by Gasteiger charge is 2.47. The number of oxazole rings is 1. The maximum Gasteiger partial charge on any atom is 0.307 e. The molecule has 1 fully saturated rings. The monoisotopic (exact) mass is 237 g/mol. The predicted molar refractivity (Wildman–Crippen MR) is 57.5 cm³/mol. The van der Waals surface area contributed by atoms with Crippen molar-refractivity contribution in [1.82, 2.24) is 4.98 Å². The van der Waals surface area contributed by atoms with E-state index in [1.807, 2.05) is 0 Å². The molecule has 0 bridgehead atoms. The normalized spacial score (nSPS) is 23.6. The number of rotatable bonds is 2. The van der Waals surface area contributed by atoms with E-state index in [2.05, 4.69) is 4.98 Å². The van der Waals surface area contributed by atoms with Crippen molar-refractivity contribution in [2.45, 2.75) is 12.3 Å². The first-order valence-corrected chi connectivity index (χ1v) is 5.32. The van der Waals surface area contributed by atoms with Gasteiger partial charge >= 0.3 is 5.97 Å². The van der Waals surface area contributed by atoms with Gasteiger partial charge < -0.3 is 9.52 Å². The number of hydrogen-bond donors (Lipinski definition) is 1. The van der Waals surface area contributed by atoms with Gasteiger partial charge in [-0.25, -0.2) is 4.98 Å². The number of carboxylic acids is 1. The van der Waals surface area contributed by atoms with E-state index in [-0.39, 0.29) is 11.8 Å². The summed E-state index contributed by atoms with van der Waals surface area (Å²) in [7, 11) is 0. The number of nitrogens with zero attached hydrogens (tertiary/aromatic N) is 1. The molecule has 2 atom stereocenters. The molecule has 0 spiro atoms. The van der Waals surface area contributed by atoms with Gasteiger partial charge in [-0.05, 0) is 24.6 Å². The zero-order valence-electron chi connectivity index (χ0n) is 8.18. The predicted octanol–water partition coefficient (Wildman–Crippen LogP) is 2.67. The van der Waals surface area contributed by atoms with Crippen molar-refractivity contribution in [3.63, 3.8) is 0 Å². The molecule has 0 radical (unpaired) electrons. The van der Waals surface area contributed by atoms with Crippen LogP contribution in [0, 0.1) is 5.92 Å². The Balaban J connectivity index is 1.98. The molecule has 0 unspecified atom stereocenters. The molecule has 1 aliphatic rings. The number of aromatic nitrogens is 1. The second-order valence-corrected chi connectivity index (χ2v) is 4.39. The van der Waals surface area contributed by atoms with Crippen LogP contribution in [0.5, 0.6) is 0 Å². The van der Waals surface area contributed by atoms with Gasteiger partial charge in [-0.15, -0.1) is 0 Å². The second-order valence-electron chi connectivity index (χ2n) is 3.95. The van der Waals surface area contributed by atoms with Crippen LogP contribution in [0.15, 0.2) is 22.6 Å². The van der Waals surface area contributed by atoms with E-state index in [9.17, 15) is 4.79 Å². The Morgan fingerprint density at radius 3 is 3.06 bits per heavy atom. The van der Waals surface area contributed by atoms with E-state index < -0.39 is 5.97 Å². The molecule has 1 heterocycles. The summed E-state index contributed by atoms with van der Waals surface area (Å²) in [5.74, 6) is -0.706. The van der Waals surface area contributed by atoms with Crippen molar-refractivity contribution >= 4 is 28.7 Å². The van der Waals surface area contributed by atoms with Gasteiger partial charge in [-0.1, -0.05) is 11.6 Å². The zero-order valence-corrected chi connectivity index (χ0v) is 8.94. The van der Waals surface area contributed by atoms with Crippen molar-refractivity contribution in [1.29, 1.82) is 0 Å². The number of fused-ring (bicyclic) bond motifs is 1. The van der Waals surface area contributed by atoms with E-state index in [4.69, 9.17) is 21.1 Å². The van der Waals surface area contributed by atoms with Gasteiger partial charge in [-0.3, -0.25) is 4.79 Å². The molecule has 0 amide bonds. The molecule has 1 aliphatic carbocycles. The summed E-state index contributed by atoms with van der Waals surface area (Å²) in [6, 6.07) is 5.18. The lowest BCUT2D eigenvalue weighted by Crippen LogP contribution is -1.98. The first-order chi connectivity index (χ1) is 7.65. The molecule has 0 saturated heterocycles. The fourth-order valence-corrected chi connectivity index (χ4v) is 1.98. The highest BCUT2D eigenvalue weighted by atomic mass is 35.5. The SMILES string of the molecule is O=C(O)[C@@H]1C[C@H]1c1nc2cc(Cl)ccc2o1. The standard InChI is InChI=1S/C11H8ClNO3/c12-5-1-2-9-8(3-5)13-10(16-9)6-4-7(6)11(14)15/h1-3,6-7H,4H2,(H,14,15)/t6-,7-/m1/s1. The van der Waals surface area contributed by atoms with E-state index in [0.717, 1.165) is 0 Å². The molecule has 1 aromatic carbocycles. The third kappa shape index (κ3) is 1.46. The van der Waals surface area contributed by atoms with Crippen molar-refractivity contribution in [2.75, 3.05) is 0 Å². The topological polar surface area (TPSA) is 63.3 Å². The zero-order chi connectivity index (χ0) is 11.3. The third-order valence-electron chi connectivity index (χ3n) is 2.79. The Morgan fingerprint density at radius 2 is 2.38 bits per heavy atom. The molecular weight excluding hydrogens is 230 g/mol. The minimum absolute atomic E-state index is 0.0799. The molecule has 0 aliphatic heterocycles. The highest BCUT2D eigenvalue weighted by Crippen LogP contribution is 2.47. The lowest BCUT2D eigenvalue weighted by atomic mass is 10.3. The average Bonchev–Trinajstić information content (AvgIpc) is 2.93. The van der Waals surface area contributed by atoms with Crippen LogP contribution in [0.4, 0.5) is 0 Å². The number of carboxylic acid groups (broad SMARTS) is 1. The molecular formula is C11H8ClNO3. The van der Waals surface area contributed by atoms with Gasteiger partial charge in [-0.2, -0.15) is 0 Å². The summed E-state index contributed by atoms with van der Waals surface area (Å²) in [6.07, 6.45) is 0.607. The summed E-state index contributed by atoms with van der Waals surface area (Å²) in [5.41, 5.74) is 1.33. The van der Waals surface area contributed by atoms with E-state index in [0.29, 0.717) is 28.4 Å². The summed E-state index contributed by atoms with van der Waals surface area (Å²) in [6.45, 7) is 0. The Morgan fingerprint density at radius 1 is 1.56 bits per heavy atom. The molecule has 82 valence electrons. The van der Waals surface area contributed by atoms with Crippen molar-refractivity contribution in [3.8, 4) is 0 Å². The van der Waals surface area contributed by atoms with Gasteiger partial charge in [0.2, 0.25) is 0 Å². The average molecular weight is 238 g/mol. The highest BCUT2D eigenvalue weighted by molar-refractivity contribution is 6.31. The van der Waals surface area contributed by atoms with Gasteiger partial charge in [0.05, 0.1) is 5.92 Å². The lowest BCUT2D eigenvalue weighted by Gasteiger charge is -1.88. The summed E-state index contributed by atoms with van der Waals surface area (Å²) >= 11 is 5.83. The first kappa shape index (κ1) is 9.66. The minimum atomic E-state index is -0.787. The van der Waals surface area contributed by atoms with Crippen LogP contribution >= 0.6 is 11.6 Å². The quantitative estimate of drug-likeness (QED) is 0.872. The van der Waals surface area contributed by atoms with Crippen LogP contribution in [-0.2, 0) is 4.79 Å². The van der Waals surface area contributed by atoms with Crippen molar-refractivity contribution in [3.05, 3.63) is 29.1 Å². The molecule has 1 aromatic heterocycles. The largest absolute Gasteiger partial charge is 0.481 e. The summed E-state index contributed by atoms with van der Waals surface area (Å²) < 4.78 is 5.49. The lowest BCUT2D eigenvalue weighted by molar-refractivity contribution is -0.138. The molecule has 4 nitrogen and oxygen atoms in total. The van der Waals surface area contributed by atoms with Crippen LogP contribution in [0.1, 0.15) is 18.2 Å². The first-order valence-electron chi connectivity index (χ1n) is 4.94.